The van der Waals surface area contributed by atoms with Gasteiger partial charge in [0, 0.05) is 83.0 Å². The molecule has 0 bridgehead atoms. The summed E-state index contributed by atoms with van der Waals surface area (Å²) >= 11 is 0. The Morgan fingerprint density at radius 1 is 0.256 bits per heavy atom. The molecular weight excluding hydrogens is 997 g/mol. The zero-order valence-electron chi connectivity index (χ0n) is 44.5. The minimum absolute atomic E-state index is 0.657. The van der Waals surface area contributed by atoms with Gasteiger partial charge in [0.15, 0.2) is 5.82 Å². The lowest BCUT2D eigenvalue weighted by atomic mass is 9.95. The molecule has 0 unspecified atom stereocenters. The molecule has 16 aromatic rings. The average molecular weight is 1050 g/mol. The molecule has 0 aliphatic carbocycles. The maximum absolute atomic E-state index is 5.20. The predicted molar refractivity (Wildman–Crippen MR) is 342 cm³/mol. The van der Waals surface area contributed by atoms with Crippen LogP contribution in [0.4, 0.5) is 11.4 Å². The first kappa shape index (κ1) is 47.0. The van der Waals surface area contributed by atoms with E-state index in [4.69, 9.17) is 9.97 Å². The van der Waals surface area contributed by atoms with Crippen LogP contribution in [0.5, 0.6) is 0 Å². The van der Waals surface area contributed by atoms with Crippen LogP contribution < -0.4 is 5.32 Å². The normalized spacial score (nSPS) is 11.7. The molecule has 16 rings (SSSR count). The molecule has 384 valence electrons. The molecule has 4 aromatic heterocycles. The summed E-state index contributed by atoms with van der Waals surface area (Å²) in [7, 11) is 0. The van der Waals surface area contributed by atoms with Gasteiger partial charge >= 0.3 is 0 Å². The van der Waals surface area contributed by atoms with Crippen LogP contribution in [0.1, 0.15) is 0 Å². The monoisotopic (exact) mass is 1050 g/mol. The molecule has 6 nitrogen and oxygen atoms in total. The van der Waals surface area contributed by atoms with Crippen LogP contribution >= 0.6 is 0 Å². The molecule has 12 aromatic carbocycles. The van der Waals surface area contributed by atoms with E-state index in [1.54, 1.807) is 0 Å². The van der Waals surface area contributed by atoms with Crippen molar-refractivity contribution >= 4 is 76.8 Å². The van der Waals surface area contributed by atoms with Crippen molar-refractivity contribution in [3.8, 4) is 73.2 Å². The number of benzene rings is 12. The SMILES string of the molecule is c1ccc(-c2cc(-c3ccccc3)nc(-c3cccc(Nc4cc5c6ccccc6n(-c6ccccc6)c5cc4-c4cccc(-c5ccc6c(c5)c5ccc7c8ccccc8n(-c8ccccc8)c7c5n6-c5ccccc5)c4)c3)n2)cc1. The third-order valence-corrected chi connectivity index (χ3v) is 16.2. The molecule has 1 N–H and O–H groups in total. The highest BCUT2D eigenvalue weighted by Crippen LogP contribution is 2.45. The van der Waals surface area contributed by atoms with Gasteiger partial charge in [-0.15, -0.1) is 0 Å². The molecule has 0 fully saturated rings. The minimum Gasteiger partial charge on any atom is -0.355 e. The topological polar surface area (TPSA) is 52.6 Å². The number of hydrogen-bond acceptors (Lipinski definition) is 3. The second-order valence-electron chi connectivity index (χ2n) is 21.0. The first-order valence-electron chi connectivity index (χ1n) is 27.9. The van der Waals surface area contributed by atoms with Crippen molar-refractivity contribution in [2.45, 2.75) is 0 Å². The van der Waals surface area contributed by atoms with Crippen molar-refractivity contribution in [3.05, 3.63) is 297 Å². The van der Waals surface area contributed by atoms with Gasteiger partial charge in [-0.3, -0.25) is 0 Å². The Hall–Kier alpha value is -11.1. The van der Waals surface area contributed by atoms with Gasteiger partial charge in [-0.25, -0.2) is 9.97 Å². The number of anilines is 2. The molecule has 0 aliphatic heterocycles. The van der Waals surface area contributed by atoms with Gasteiger partial charge in [0.1, 0.15) is 0 Å². The van der Waals surface area contributed by atoms with E-state index in [0.717, 1.165) is 101 Å². The van der Waals surface area contributed by atoms with Crippen molar-refractivity contribution in [1.82, 2.24) is 23.7 Å². The van der Waals surface area contributed by atoms with Crippen LogP contribution in [0.15, 0.2) is 297 Å². The van der Waals surface area contributed by atoms with Crippen LogP contribution in [0.3, 0.4) is 0 Å². The number of para-hydroxylation sites is 5. The summed E-state index contributed by atoms with van der Waals surface area (Å²) in [5.41, 5.74) is 21.4. The summed E-state index contributed by atoms with van der Waals surface area (Å²) in [6.07, 6.45) is 0. The number of hydrogen-bond donors (Lipinski definition) is 1. The Morgan fingerprint density at radius 2 is 0.707 bits per heavy atom. The van der Waals surface area contributed by atoms with Crippen molar-refractivity contribution in [1.29, 1.82) is 0 Å². The number of rotatable bonds is 10. The Balaban J connectivity index is 0.873. The summed E-state index contributed by atoms with van der Waals surface area (Å²) in [5.74, 6) is 0.657. The fourth-order valence-electron chi connectivity index (χ4n) is 12.5. The largest absolute Gasteiger partial charge is 0.355 e. The fraction of sp³-hybridized carbons (Fsp3) is 0. The molecule has 0 radical (unpaired) electrons. The zero-order valence-corrected chi connectivity index (χ0v) is 44.5. The Labute approximate surface area is 473 Å². The lowest BCUT2D eigenvalue weighted by Crippen LogP contribution is -1.98. The maximum atomic E-state index is 5.20. The van der Waals surface area contributed by atoms with Crippen LogP contribution in [0.25, 0.3) is 139 Å². The van der Waals surface area contributed by atoms with Crippen LogP contribution in [-0.2, 0) is 0 Å². The smallest absolute Gasteiger partial charge is 0.160 e. The number of nitrogens with zero attached hydrogens (tertiary/aromatic N) is 5. The van der Waals surface area contributed by atoms with E-state index in [-0.39, 0.29) is 0 Å². The third-order valence-electron chi connectivity index (χ3n) is 16.2. The van der Waals surface area contributed by atoms with Gasteiger partial charge in [0.2, 0.25) is 0 Å². The van der Waals surface area contributed by atoms with Crippen molar-refractivity contribution in [2.24, 2.45) is 0 Å². The Kier molecular flexibility index (Phi) is 11.1. The highest BCUT2D eigenvalue weighted by molar-refractivity contribution is 6.24. The van der Waals surface area contributed by atoms with E-state index in [2.05, 4.69) is 304 Å². The van der Waals surface area contributed by atoms with Crippen LogP contribution in [0.2, 0.25) is 0 Å². The lowest BCUT2D eigenvalue weighted by Gasteiger charge is -2.16. The van der Waals surface area contributed by atoms with Crippen molar-refractivity contribution < 1.29 is 0 Å². The second kappa shape index (κ2) is 19.4. The molecule has 6 heteroatoms. The molecule has 82 heavy (non-hydrogen) atoms. The molecule has 0 aliphatic rings. The average Bonchev–Trinajstić information content (AvgIpc) is 2.91. The van der Waals surface area contributed by atoms with E-state index in [0.29, 0.717) is 5.82 Å². The summed E-state index contributed by atoms with van der Waals surface area (Å²) in [4.78, 5) is 10.4. The summed E-state index contributed by atoms with van der Waals surface area (Å²) < 4.78 is 7.31. The van der Waals surface area contributed by atoms with Crippen LogP contribution in [-0.4, -0.2) is 23.7 Å². The molecule has 0 amide bonds. The van der Waals surface area contributed by atoms with Gasteiger partial charge in [-0.05, 0) is 114 Å². The van der Waals surface area contributed by atoms with Gasteiger partial charge in [0.05, 0.1) is 44.5 Å². The molecule has 4 heterocycles. The van der Waals surface area contributed by atoms with E-state index in [9.17, 15) is 0 Å². The highest BCUT2D eigenvalue weighted by Gasteiger charge is 2.23. The van der Waals surface area contributed by atoms with Crippen molar-refractivity contribution in [3.63, 3.8) is 0 Å². The summed E-state index contributed by atoms with van der Waals surface area (Å²) in [6.45, 7) is 0. The van der Waals surface area contributed by atoms with Gasteiger partial charge in [-0.1, -0.05) is 200 Å². The van der Waals surface area contributed by atoms with Gasteiger partial charge in [0.25, 0.3) is 0 Å². The van der Waals surface area contributed by atoms with E-state index in [1.807, 2.05) is 12.1 Å². The second-order valence-corrected chi connectivity index (χ2v) is 21.0. The predicted octanol–water partition coefficient (Wildman–Crippen LogP) is 19.8. The van der Waals surface area contributed by atoms with Crippen LogP contribution in [0, 0.1) is 0 Å². The Bertz CT molecular complexity index is 5040. The highest BCUT2D eigenvalue weighted by atomic mass is 15.0. The molecule has 0 atom stereocenters. The Morgan fingerprint density at radius 3 is 1.33 bits per heavy atom. The number of fused-ring (bicyclic) bond motifs is 10. The summed E-state index contributed by atoms with van der Waals surface area (Å²) in [5, 5.41) is 11.2. The quantitative estimate of drug-likeness (QED) is 0.148. The zero-order chi connectivity index (χ0) is 54.1. The molecule has 0 spiro atoms. The fourth-order valence-corrected chi connectivity index (χ4v) is 12.5. The van der Waals surface area contributed by atoms with Gasteiger partial charge in [-0.2, -0.15) is 0 Å². The van der Waals surface area contributed by atoms with Gasteiger partial charge < -0.3 is 19.0 Å². The first-order chi connectivity index (χ1) is 40.7. The van der Waals surface area contributed by atoms with E-state index >= 15 is 0 Å². The molecule has 0 saturated carbocycles. The summed E-state index contributed by atoms with van der Waals surface area (Å²) in [6, 6.07) is 107. The molecule has 0 saturated heterocycles. The third kappa shape index (κ3) is 7.88. The maximum Gasteiger partial charge on any atom is 0.160 e. The first-order valence-corrected chi connectivity index (χ1v) is 27.9. The molecular formula is C76H50N6. The number of aromatic nitrogens is 5. The minimum atomic E-state index is 0.657. The van der Waals surface area contributed by atoms with E-state index in [1.165, 1.54) is 43.5 Å². The lowest BCUT2D eigenvalue weighted by molar-refractivity contribution is 1.15. The number of nitrogens with one attached hydrogen (secondary N) is 1. The standard InChI is InChI=1S/C76H50N6/c1-6-22-50(23-7-1)67-49-68(51-24-8-2-9-25-51)79-76(78-67)55-28-21-29-56(45-55)77-69-47-66-61-37-17-18-38-70(61)80(57-30-10-3-11-31-57)73(66)48-64(69)54-27-20-26-52(44-54)53-40-43-72-65(46-53)63-42-41-62-60-36-16-19-39-71(60)81(58-32-12-4-13-33-58)74(62)75(63)82(72)59-34-14-5-15-35-59/h1-49,77H. The van der Waals surface area contributed by atoms with Crippen molar-refractivity contribution in [2.75, 3.05) is 5.32 Å². The van der Waals surface area contributed by atoms with E-state index < -0.39 is 0 Å².